The van der Waals surface area contributed by atoms with Crippen LogP contribution in [0.15, 0.2) is 36.8 Å². The molecule has 0 radical (unpaired) electrons. The van der Waals surface area contributed by atoms with Crippen molar-refractivity contribution in [1.29, 1.82) is 0 Å². The number of anilines is 1. The third-order valence-electron chi connectivity index (χ3n) is 2.84. The van der Waals surface area contributed by atoms with Crippen molar-refractivity contribution in [2.45, 2.75) is 0 Å². The van der Waals surface area contributed by atoms with Crippen molar-refractivity contribution in [3.05, 3.63) is 42.6 Å². The second-order valence-electron chi connectivity index (χ2n) is 4.24. The van der Waals surface area contributed by atoms with Gasteiger partial charge in [0, 0.05) is 0 Å². The molecule has 0 fully saturated rings. The number of carboxylic acid groups (broad SMARTS) is 1. The lowest BCUT2D eigenvalue weighted by atomic mass is 10.3. The zero-order valence-electron chi connectivity index (χ0n) is 10.7. The summed E-state index contributed by atoms with van der Waals surface area (Å²) in [7, 11) is 0. The van der Waals surface area contributed by atoms with Crippen LogP contribution in [0.1, 0.15) is 0 Å². The summed E-state index contributed by atoms with van der Waals surface area (Å²) in [5, 5.41) is 16.2. The number of nitrogens with one attached hydrogen (secondary N) is 1. The maximum atomic E-state index is 13.0. The molecule has 0 aliphatic rings. The van der Waals surface area contributed by atoms with Crippen molar-refractivity contribution in [1.82, 2.24) is 19.7 Å². The molecule has 2 N–H and O–H groups in total. The minimum absolute atomic E-state index is 0.256. The highest BCUT2D eigenvalue weighted by Gasteiger charge is 2.11. The van der Waals surface area contributed by atoms with Gasteiger partial charge in [-0.2, -0.15) is 5.10 Å². The van der Waals surface area contributed by atoms with E-state index in [-0.39, 0.29) is 12.4 Å². The summed E-state index contributed by atoms with van der Waals surface area (Å²) in [6, 6.07) is 5.81. The summed E-state index contributed by atoms with van der Waals surface area (Å²) < 4.78 is 14.5. The van der Waals surface area contributed by atoms with Crippen molar-refractivity contribution in [3.8, 4) is 5.69 Å². The van der Waals surface area contributed by atoms with Crippen LogP contribution in [0.2, 0.25) is 0 Å². The number of fused-ring (bicyclic) bond motifs is 1. The Balaban J connectivity index is 2.04. The number of aliphatic carboxylic acids is 1. The number of hydrogen-bond acceptors (Lipinski definition) is 5. The predicted octanol–water partition coefficient (Wildman–Crippen LogP) is 1.45. The molecule has 0 saturated carbocycles. The summed E-state index contributed by atoms with van der Waals surface area (Å²) in [6.45, 7) is -0.256. The lowest BCUT2D eigenvalue weighted by molar-refractivity contribution is -0.134. The van der Waals surface area contributed by atoms with Crippen LogP contribution >= 0.6 is 0 Å². The van der Waals surface area contributed by atoms with Gasteiger partial charge in [0.25, 0.3) is 0 Å². The molecular formula is C13H10FN5O2. The molecule has 3 rings (SSSR count). The number of nitrogens with zero attached hydrogens (tertiary/aromatic N) is 4. The molecule has 7 nitrogen and oxygen atoms in total. The third-order valence-corrected chi connectivity index (χ3v) is 2.84. The van der Waals surface area contributed by atoms with E-state index in [1.807, 2.05) is 0 Å². The zero-order chi connectivity index (χ0) is 14.8. The fraction of sp³-hybridized carbons (Fsp3) is 0.0769. The molecule has 106 valence electrons. The molecule has 2 heterocycles. The largest absolute Gasteiger partial charge is 0.480 e. The van der Waals surface area contributed by atoms with E-state index in [1.165, 1.54) is 29.3 Å². The van der Waals surface area contributed by atoms with Gasteiger partial charge < -0.3 is 10.4 Å². The Hall–Kier alpha value is -3.03. The molecule has 21 heavy (non-hydrogen) atoms. The standard InChI is InChI=1S/C13H10FN5O2/c14-8-1-3-9(4-2-8)19-13-10(5-18-19)12(16-7-17-13)15-6-11(20)21/h1-5,7H,6H2,(H,20,21)(H,15,16,17). The van der Waals surface area contributed by atoms with Crippen molar-refractivity contribution >= 4 is 22.8 Å². The number of carbonyl (C=O) groups is 1. The molecular weight excluding hydrogens is 277 g/mol. The molecule has 3 aromatic rings. The van der Waals surface area contributed by atoms with E-state index in [9.17, 15) is 9.18 Å². The minimum Gasteiger partial charge on any atom is -0.480 e. The normalized spacial score (nSPS) is 10.7. The number of halogens is 1. The van der Waals surface area contributed by atoms with Crippen LogP contribution in [0.25, 0.3) is 16.7 Å². The van der Waals surface area contributed by atoms with Gasteiger partial charge in [0.2, 0.25) is 0 Å². The Kier molecular flexibility index (Phi) is 3.19. The fourth-order valence-corrected chi connectivity index (χ4v) is 1.92. The van der Waals surface area contributed by atoms with E-state index in [2.05, 4.69) is 20.4 Å². The predicted molar refractivity (Wildman–Crippen MR) is 72.7 cm³/mol. The number of benzene rings is 1. The SMILES string of the molecule is O=C(O)CNc1ncnc2c1cnn2-c1ccc(F)cc1. The van der Waals surface area contributed by atoms with Gasteiger partial charge in [-0.1, -0.05) is 0 Å². The smallest absolute Gasteiger partial charge is 0.322 e. The monoisotopic (exact) mass is 287 g/mol. The van der Waals surface area contributed by atoms with Gasteiger partial charge >= 0.3 is 5.97 Å². The second-order valence-corrected chi connectivity index (χ2v) is 4.24. The Morgan fingerprint density at radius 3 is 2.76 bits per heavy atom. The number of rotatable bonds is 4. The quantitative estimate of drug-likeness (QED) is 0.754. The molecule has 0 aliphatic carbocycles. The van der Waals surface area contributed by atoms with Gasteiger partial charge in [-0.3, -0.25) is 4.79 Å². The minimum atomic E-state index is -0.993. The van der Waals surface area contributed by atoms with Gasteiger partial charge in [0.05, 0.1) is 17.3 Å². The highest BCUT2D eigenvalue weighted by molar-refractivity contribution is 5.88. The van der Waals surface area contributed by atoms with E-state index in [0.29, 0.717) is 22.5 Å². The zero-order valence-corrected chi connectivity index (χ0v) is 10.7. The number of carboxylic acids is 1. The summed E-state index contributed by atoms with van der Waals surface area (Å²) in [5.41, 5.74) is 1.15. The van der Waals surface area contributed by atoms with E-state index in [0.717, 1.165) is 0 Å². The van der Waals surface area contributed by atoms with Crippen LogP contribution in [0.3, 0.4) is 0 Å². The van der Waals surface area contributed by atoms with Gasteiger partial charge in [0.15, 0.2) is 5.65 Å². The number of hydrogen-bond donors (Lipinski definition) is 2. The maximum absolute atomic E-state index is 13.0. The van der Waals surface area contributed by atoms with Crippen molar-refractivity contribution < 1.29 is 14.3 Å². The van der Waals surface area contributed by atoms with Gasteiger partial charge in [-0.15, -0.1) is 0 Å². The lowest BCUT2D eigenvalue weighted by Gasteiger charge is -2.05. The van der Waals surface area contributed by atoms with Crippen molar-refractivity contribution in [2.75, 3.05) is 11.9 Å². The molecule has 8 heteroatoms. The van der Waals surface area contributed by atoms with Crippen LogP contribution in [0.4, 0.5) is 10.2 Å². The Morgan fingerprint density at radius 1 is 1.29 bits per heavy atom. The maximum Gasteiger partial charge on any atom is 0.322 e. The van der Waals surface area contributed by atoms with E-state index >= 15 is 0 Å². The Morgan fingerprint density at radius 2 is 2.05 bits per heavy atom. The second kappa shape index (κ2) is 5.16. The first-order valence-corrected chi connectivity index (χ1v) is 6.05. The molecule has 0 atom stereocenters. The van der Waals surface area contributed by atoms with Gasteiger partial charge in [0.1, 0.15) is 24.5 Å². The first-order valence-electron chi connectivity index (χ1n) is 6.05. The van der Waals surface area contributed by atoms with Crippen LogP contribution in [-0.2, 0) is 4.79 Å². The number of aromatic nitrogens is 4. The molecule has 0 bridgehead atoms. The third kappa shape index (κ3) is 2.50. The fourth-order valence-electron chi connectivity index (χ4n) is 1.92. The molecule has 0 spiro atoms. The summed E-state index contributed by atoms with van der Waals surface area (Å²) >= 11 is 0. The molecule has 0 unspecified atom stereocenters. The van der Waals surface area contributed by atoms with E-state index in [1.54, 1.807) is 12.1 Å². The lowest BCUT2D eigenvalue weighted by Crippen LogP contribution is -2.13. The molecule has 0 amide bonds. The average Bonchev–Trinajstić information content (AvgIpc) is 2.90. The highest BCUT2D eigenvalue weighted by atomic mass is 19.1. The summed E-state index contributed by atoms with van der Waals surface area (Å²) in [4.78, 5) is 18.7. The van der Waals surface area contributed by atoms with Gasteiger partial charge in [-0.25, -0.2) is 19.0 Å². The average molecular weight is 287 g/mol. The Labute approximate surface area is 118 Å². The van der Waals surface area contributed by atoms with Crippen molar-refractivity contribution in [3.63, 3.8) is 0 Å². The molecule has 0 saturated heterocycles. The summed E-state index contributed by atoms with van der Waals surface area (Å²) in [6.07, 6.45) is 2.84. The first-order chi connectivity index (χ1) is 10.1. The molecule has 1 aromatic carbocycles. The van der Waals surface area contributed by atoms with Crippen LogP contribution in [0.5, 0.6) is 0 Å². The highest BCUT2D eigenvalue weighted by Crippen LogP contribution is 2.21. The topological polar surface area (TPSA) is 92.9 Å². The van der Waals surface area contributed by atoms with Crippen molar-refractivity contribution in [2.24, 2.45) is 0 Å². The van der Waals surface area contributed by atoms with Crippen LogP contribution in [0, 0.1) is 5.82 Å². The van der Waals surface area contributed by atoms with Crippen LogP contribution in [-0.4, -0.2) is 37.4 Å². The van der Waals surface area contributed by atoms with Crippen LogP contribution < -0.4 is 5.32 Å². The molecule has 0 aliphatic heterocycles. The summed E-state index contributed by atoms with van der Waals surface area (Å²) in [5.74, 6) is -0.947. The Bertz CT molecular complexity index is 800. The first kappa shape index (κ1) is 13.0. The van der Waals surface area contributed by atoms with Gasteiger partial charge in [-0.05, 0) is 24.3 Å². The molecule has 2 aromatic heterocycles. The van der Waals surface area contributed by atoms with E-state index in [4.69, 9.17) is 5.11 Å². The van der Waals surface area contributed by atoms with E-state index < -0.39 is 5.97 Å².